The summed E-state index contributed by atoms with van der Waals surface area (Å²) in [6.45, 7) is 8.12. The van der Waals surface area contributed by atoms with Crippen LogP contribution in [0.3, 0.4) is 0 Å². The quantitative estimate of drug-likeness (QED) is 0.150. The highest BCUT2D eigenvalue weighted by Gasteiger charge is 2.22. The maximum Gasteiger partial charge on any atom is 0.235 e. The van der Waals surface area contributed by atoms with Crippen molar-refractivity contribution < 1.29 is 0 Å². The van der Waals surface area contributed by atoms with Crippen molar-refractivity contribution in [2.45, 2.75) is 0 Å². The number of aromatic nitrogens is 5. The first-order valence-electron chi connectivity index (χ1n) is 22.0. The number of rotatable bonds is 7. The van der Waals surface area contributed by atoms with Crippen LogP contribution in [-0.4, -0.2) is 23.7 Å². The Morgan fingerprint density at radius 1 is 0.415 bits per heavy atom. The first-order valence-corrected chi connectivity index (χ1v) is 22.0. The van der Waals surface area contributed by atoms with Gasteiger partial charge in [-0.15, -0.1) is 0 Å². The van der Waals surface area contributed by atoms with Crippen molar-refractivity contribution in [3.05, 3.63) is 226 Å². The first-order chi connectivity index (χ1) is 32.2. The molecule has 0 aliphatic heterocycles. The maximum absolute atomic E-state index is 5.57. The molecule has 304 valence electrons. The second kappa shape index (κ2) is 14.4. The molecule has 0 unspecified atom stereocenters. The average Bonchev–Trinajstić information content (AvgIpc) is 4.01. The normalized spacial score (nSPS) is 12.2. The number of allylic oxidation sites excluding steroid dienone is 4. The van der Waals surface area contributed by atoms with Crippen molar-refractivity contribution in [1.29, 1.82) is 0 Å². The van der Waals surface area contributed by atoms with E-state index < -0.39 is 0 Å². The van der Waals surface area contributed by atoms with Crippen LogP contribution in [0.4, 0.5) is 0 Å². The van der Waals surface area contributed by atoms with E-state index in [2.05, 4.69) is 221 Å². The Morgan fingerprint density at radius 2 is 0.954 bits per heavy atom. The molecule has 0 spiro atoms. The van der Waals surface area contributed by atoms with Gasteiger partial charge in [0.2, 0.25) is 5.95 Å². The van der Waals surface area contributed by atoms with Gasteiger partial charge in [-0.25, -0.2) is 9.97 Å². The molecular formula is C60H39N5. The SMILES string of the molecule is C=C/C=C(\C=C)n1c2ccccc2c2cc(-c3nc(-n4c5ccccc5c5cc(-c6ccc7c(c6)c6ccccc6n7-c6ccccc6)c6ccccc6c54)nc4ccccc34)ccc21. The van der Waals surface area contributed by atoms with Crippen LogP contribution in [-0.2, 0) is 0 Å². The number of benzene rings is 9. The summed E-state index contributed by atoms with van der Waals surface area (Å²) >= 11 is 0. The largest absolute Gasteiger partial charge is 0.309 e. The van der Waals surface area contributed by atoms with E-state index in [1.807, 2.05) is 18.2 Å². The van der Waals surface area contributed by atoms with Crippen LogP contribution < -0.4 is 0 Å². The van der Waals surface area contributed by atoms with Crippen LogP contribution >= 0.6 is 0 Å². The minimum atomic E-state index is 0.628. The van der Waals surface area contributed by atoms with E-state index >= 15 is 0 Å². The Morgan fingerprint density at radius 3 is 1.71 bits per heavy atom. The zero-order valence-corrected chi connectivity index (χ0v) is 35.4. The summed E-state index contributed by atoms with van der Waals surface area (Å²) in [7, 11) is 0. The highest BCUT2D eigenvalue weighted by molar-refractivity contribution is 6.23. The average molecular weight is 830 g/mol. The summed E-state index contributed by atoms with van der Waals surface area (Å²) in [5.74, 6) is 0.628. The Hall–Kier alpha value is -8.80. The monoisotopic (exact) mass is 829 g/mol. The number of hydrogen-bond acceptors (Lipinski definition) is 2. The Kier molecular flexibility index (Phi) is 8.14. The molecule has 0 amide bonds. The predicted molar refractivity (Wildman–Crippen MR) is 274 cm³/mol. The lowest BCUT2D eigenvalue weighted by Gasteiger charge is -2.14. The fourth-order valence-electron chi connectivity index (χ4n) is 10.4. The molecule has 0 fully saturated rings. The number of hydrogen-bond donors (Lipinski definition) is 0. The summed E-state index contributed by atoms with van der Waals surface area (Å²) < 4.78 is 6.91. The zero-order chi connectivity index (χ0) is 43.2. The van der Waals surface area contributed by atoms with Crippen LogP contribution in [0, 0.1) is 0 Å². The molecule has 4 heterocycles. The first kappa shape index (κ1) is 36.8. The molecular weight excluding hydrogens is 791 g/mol. The van der Waals surface area contributed by atoms with Crippen molar-refractivity contribution >= 4 is 92.8 Å². The molecule has 5 heteroatoms. The van der Waals surface area contributed by atoms with E-state index in [0.29, 0.717) is 5.95 Å². The summed E-state index contributed by atoms with van der Waals surface area (Å²) in [5, 5.41) is 10.4. The van der Waals surface area contributed by atoms with E-state index in [-0.39, 0.29) is 0 Å². The van der Waals surface area contributed by atoms with Crippen LogP contribution in [0.25, 0.3) is 127 Å². The van der Waals surface area contributed by atoms with Gasteiger partial charge in [0.25, 0.3) is 0 Å². The van der Waals surface area contributed by atoms with Crippen molar-refractivity contribution in [2.75, 3.05) is 0 Å². The molecule has 0 N–H and O–H groups in total. The van der Waals surface area contributed by atoms with Crippen molar-refractivity contribution in [2.24, 2.45) is 0 Å². The van der Waals surface area contributed by atoms with Crippen LogP contribution in [0.5, 0.6) is 0 Å². The molecule has 0 atom stereocenters. The summed E-state index contributed by atoms with van der Waals surface area (Å²) in [6, 6.07) is 69.7. The fraction of sp³-hybridized carbons (Fsp3) is 0. The van der Waals surface area contributed by atoms with Gasteiger partial charge in [0.15, 0.2) is 0 Å². The predicted octanol–water partition coefficient (Wildman–Crippen LogP) is 15.6. The van der Waals surface area contributed by atoms with Gasteiger partial charge in [0.05, 0.1) is 44.3 Å². The maximum atomic E-state index is 5.57. The topological polar surface area (TPSA) is 40.6 Å². The summed E-state index contributed by atoms with van der Waals surface area (Å²) in [5.41, 5.74) is 14.0. The van der Waals surface area contributed by atoms with Gasteiger partial charge in [-0.2, -0.15) is 0 Å². The van der Waals surface area contributed by atoms with E-state index in [1.54, 1.807) is 0 Å². The fourth-order valence-corrected chi connectivity index (χ4v) is 10.4. The molecule has 13 aromatic rings. The van der Waals surface area contributed by atoms with Crippen LogP contribution in [0.15, 0.2) is 226 Å². The minimum absolute atomic E-state index is 0.628. The lowest BCUT2D eigenvalue weighted by Crippen LogP contribution is -2.04. The molecule has 0 aliphatic carbocycles. The molecule has 13 rings (SSSR count). The van der Waals surface area contributed by atoms with Gasteiger partial charge in [-0.1, -0.05) is 147 Å². The standard InChI is InChI=1S/C60H39N5/c1-3-18-40(4-2)63-53-28-15-11-23-44(53)50-36-39(32-34-56(50)63)58-47-26-10-14-27-52(47)61-60(62-58)65-55-30-17-13-24-45(55)51-37-48(42-21-8-9-25-46(42)59(51)65)38-31-33-57-49(35-38)43-22-12-16-29-54(43)64(57)41-19-6-5-7-20-41/h3-37H,1-2H2/b40-18+. The summed E-state index contributed by atoms with van der Waals surface area (Å²) in [4.78, 5) is 10.9. The van der Waals surface area contributed by atoms with Crippen LogP contribution in [0.1, 0.15) is 0 Å². The summed E-state index contributed by atoms with van der Waals surface area (Å²) in [6.07, 6.45) is 5.69. The molecule has 0 saturated heterocycles. The van der Waals surface area contributed by atoms with Gasteiger partial charge < -0.3 is 9.13 Å². The van der Waals surface area contributed by atoms with E-state index in [4.69, 9.17) is 9.97 Å². The Labute approximate surface area is 374 Å². The second-order valence-corrected chi connectivity index (χ2v) is 16.6. The third-order valence-electron chi connectivity index (χ3n) is 13.2. The smallest absolute Gasteiger partial charge is 0.235 e. The zero-order valence-electron chi connectivity index (χ0n) is 35.4. The third kappa shape index (κ3) is 5.46. The number of nitrogens with zero attached hydrogens (tertiary/aromatic N) is 5. The lowest BCUT2D eigenvalue weighted by atomic mass is 9.94. The highest BCUT2D eigenvalue weighted by Crippen LogP contribution is 2.44. The molecule has 65 heavy (non-hydrogen) atoms. The van der Waals surface area contributed by atoms with Crippen molar-refractivity contribution in [3.8, 4) is 34.0 Å². The highest BCUT2D eigenvalue weighted by atomic mass is 15.2. The molecule has 0 aliphatic rings. The second-order valence-electron chi connectivity index (χ2n) is 16.6. The van der Waals surface area contributed by atoms with Gasteiger partial charge in [-0.05, 0) is 95.4 Å². The van der Waals surface area contributed by atoms with Gasteiger partial charge in [0, 0.05) is 60.0 Å². The van der Waals surface area contributed by atoms with Crippen molar-refractivity contribution in [3.63, 3.8) is 0 Å². The van der Waals surface area contributed by atoms with Crippen molar-refractivity contribution in [1.82, 2.24) is 23.7 Å². The van der Waals surface area contributed by atoms with E-state index in [9.17, 15) is 0 Å². The van der Waals surface area contributed by atoms with Gasteiger partial charge >= 0.3 is 0 Å². The third-order valence-corrected chi connectivity index (χ3v) is 13.2. The molecule has 4 aromatic heterocycles. The molecule has 9 aromatic carbocycles. The molecule has 0 saturated carbocycles. The molecule has 0 radical (unpaired) electrons. The Bertz CT molecular complexity index is 4160. The molecule has 5 nitrogen and oxygen atoms in total. The lowest BCUT2D eigenvalue weighted by molar-refractivity contribution is 1.02. The minimum Gasteiger partial charge on any atom is -0.309 e. The van der Waals surface area contributed by atoms with Gasteiger partial charge in [0.1, 0.15) is 0 Å². The van der Waals surface area contributed by atoms with E-state index in [1.165, 1.54) is 38.3 Å². The Balaban J connectivity index is 1.05. The number of para-hydroxylation sites is 5. The number of fused-ring (bicyclic) bond motifs is 12. The van der Waals surface area contributed by atoms with Crippen LogP contribution in [0.2, 0.25) is 0 Å². The van der Waals surface area contributed by atoms with E-state index in [0.717, 1.165) is 82.5 Å². The molecule has 0 bridgehead atoms. The van der Waals surface area contributed by atoms with Gasteiger partial charge in [-0.3, -0.25) is 4.57 Å².